The number of benzene rings is 1. The van der Waals surface area contributed by atoms with Gasteiger partial charge in [0.25, 0.3) is 0 Å². The average Bonchev–Trinajstić information content (AvgIpc) is 3.25. The van der Waals surface area contributed by atoms with Gasteiger partial charge in [-0.25, -0.2) is 9.88 Å². The lowest BCUT2D eigenvalue weighted by atomic mass is 9.59. The topological polar surface area (TPSA) is 59.5 Å². The maximum absolute atomic E-state index is 13.3. The normalized spacial score (nSPS) is 37.7. The first-order valence-electron chi connectivity index (χ1n) is 8.29. The summed E-state index contributed by atoms with van der Waals surface area (Å²) >= 11 is 1.41. The van der Waals surface area contributed by atoms with Crippen LogP contribution in [0.2, 0.25) is 0 Å². The Hall–Kier alpha value is -1.79. The quantitative estimate of drug-likeness (QED) is 0.748. The largest absolute Gasteiger partial charge is 0.373 e. The summed E-state index contributed by atoms with van der Waals surface area (Å²) in [5.41, 5.74) is 0.411. The zero-order valence-corrected chi connectivity index (χ0v) is 14.6. The van der Waals surface area contributed by atoms with Gasteiger partial charge < -0.3 is 4.74 Å². The van der Waals surface area contributed by atoms with Crippen molar-refractivity contribution in [3.63, 3.8) is 0 Å². The van der Waals surface area contributed by atoms with Gasteiger partial charge in [0.15, 0.2) is 5.13 Å². The third kappa shape index (κ3) is 1.39. The van der Waals surface area contributed by atoms with Gasteiger partial charge in [0.05, 0.1) is 33.3 Å². The van der Waals surface area contributed by atoms with E-state index in [0.717, 1.165) is 28.6 Å². The Labute approximate surface area is 143 Å². The molecule has 2 amide bonds. The van der Waals surface area contributed by atoms with Crippen LogP contribution in [0.4, 0.5) is 5.13 Å². The van der Waals surface area contributed by atoms with Crippen LogP contribution >= 0.6 is 11.3 Å². The molecule has 0 unspecified atom stereocenters. The Balaban J connectivity index is 1.67. The third-order valence-electron chi connectivity index (χ3n) is 6.40. The highest BCUT2D eigenvalue weighted by molar-refractivity contribution is 7.22. The Morgan fingerprint density at radius 1 is 1.17 bits per heavy atom. The standard InChI is InChI=1S/C18H18N2O3S/c1-9-4-5-10-11(8-9)24-16(19-10)20-14(21)17(2)12-6-7-13(23-12)18(17,3)15(20)22/h4-5,8,12-13H,6-7H2,1-3H3/t12-,13+,17-,18+. The number of amides is 2. The van der Waals surface area contributed by atoms with Crippen molar-refractivity contribution in [1.82, 2.24) is 4.98 Å². The molecule has 0 saturated carbocycles. The molecule has 0 N–H and O–H groups in total. The minimum Gasteiger partial charge on any atom is -0.373 e. The molecule has 2 bridgehead atoms. The van der Waals surface area contributed by atoms with E-state index in [1.54, 1.807) is 0 Å². The van der Waals surface area contributed by atoms with Crippen LogP contribution in [0.3, 0.4) is 0 Å². The van der Waals surface area contributed by atoms with E-state index >= 15 is 0 Å². The summed E-state index contributed by atoms with van der Waals surface area (Å²) in [6.45, 7) is 5.82. The first-order chi connectivity index (χ1) is 11.4. The molecular formula is C18H18N2O3S. The molecule has 24 heavy (non-hydrogen) atoms. The van der Waals surface area contributed by atoms with Crippen molar-refractivity contribution in [2.24, 2.45) is 10.8 Å². The zero-order chi connectivity index (χ0) is 16.9. The molecule has 0 spiro atoms. The summed E-state index contributed by atoms with van der Waals surface area (Å²) in [6.07, 6.45) is 1.38. The maximum atomic E-state index is 13.3. The van der Waals surface area contributed by atoms with Gasteiger partial charge in [-0.15, -0.1) is 0 Å². The fourth-order valence-corrected chi connectivity index (χ4v) is 5.78. The van der Waals surface area contributed by atoms with E-state index in [2.05, 4.69) is 4.98 Å². The molecule has 3 fully saturated rings. The average molecular weight is 342 g/mol. The van der Waals surface area contributed by atoms with Crippen LogP contribution in [0.1, 0.15) is 32.3 Å². The molecule has 3 saturated heterocycles. The van der Waals surface area contributed by atoms with Gasteiger partial charge in [0, 0.05) is 0 Å². The number of nitrogens with zero attached hydrogens (tertiary/aromatic N) is 2. The molecule has 6 heteroatoms. The zero-order valence-electron chi connectivity index (χ0n) is 13.8. The molecule has 5 nitrogen and oxygen atoms in total. The van der Waals surface area contributed by atoms with E-state index in [-0.39, 0.29) is 24.0 Å². The van der Waals surface area contributed by atoms with Gasteiger partial charge >= 0.3 is 0 Å². The molecular weight excluding hydrogens is 324 g/mol. The Kier molecular flexibility index (Phi) is 2.57. The number of aryl methyl sites for hydroxylation is 1. The van der Waals surface area contributed by atoms with Gasteiger partial charge in [0.1, 0.15) is 0 Å². The van der Waals surface area contributed by atoms with E-state index in [9.17, 15) is 9.59 Å². The minimum absolute atomic E-state index is 0.155. The first kappa shape index (κ1) is 14.5. The van der Waals surface area contributed by atoms with Crippen LogP contribution in [-0.4, -0.2) is 29.0 Å². The number of carbonyl (C=O) groups is 2. The van der Waals surface area contributed by atoms with Crippen LogP contribution in [-0.2, 0) is 14.3 Å². The lowest BCUT2D eigenvalue weighted by Gasteiger charge is -2.36. The van der Waals surface area contributed by atoms with Crippen molar-refractivity contribution in [3.8, 4) is 0 Å². The third-order valence-corrected chi connectivity index (χ3v) is 7.41. The van der Waals surface area contributed by atoms with E-state index in [4.69, 9.17) is 4.74 Å². The van der Waals surface area contributed by atoms with E-state index < -0.39 is 10.8 Å². The molecule has 1 aromatic heterocycles. The Morgan fingerprint density at radius 2 is 1.79 bits per heavy atom. The van der Waals surface area contributed by atoms with Crippen LogP contribution in [0.25, 0.3) is 10.2 Å². The van der Waals surface area contributed by atoms with Gasteiger partial charge in [-0.2, -0.15) is 0 Å². The molecule has 4 heterocycles. The lowest BCUT2D eigenvalue weighted by Crippen LogP contribution is -2.48. The fourth-order valence-electron chi connectivity index (χ4n) is 4.72. The maximum Gasteiger partial charge on any atom is 0.245 e. The van der Waals surface area contributed by atoms with Crippen molar-refractivity contribution in [2.45, 2.75) is 45.8 Å². The van der Waals surface area contributed by atoms with E-state index in [1.807, 2.05) is 39.0 Å². The number of hydrogen-bond donors (Lipinski definition) is 0. The number of hydrogen-bond acceptors (Lipinski definition) is 5. The monoisotopic (exact) mass is 342 g/mol. The van der Waals surface area contributed by atoms with Gasteiger partial charge in [-0.1, -0.05) is 17.4 Å². The summed E-state index contributed by atoms with van der Waals surface area (Å²) in [4.78, 5) is 32.4. The summed E-state index contributed by atoms with van der Waals surface area (Å²) in [5, 5.41) is 0.488. The number of thiazole rings is 1. The van der Waals surface area contributed by atoms with E-state index in [0.29, 0.717) is 5.13 Å². The van der Waals surface area contributed by atoms with Crippen molar-refractivity contribution >= 4 is 38.5 Å². The number of anilines is 1. The van der Waals surface area contributed by atoms with Gasteiger partial charge in [-0.3, -0.25) is 9.59 Å². The van der Waals surface area contributed by atoms with Gasteiger partial charge in [0.2, 0.25) is 11.8 Å². The highest BCUT2D eigenvalue weighted by atomic mass is 32.1. The predicted octanol–water partition coefficient (Wildman–Crippen LogP) is 3.05. The van der Waals surface area contributed by atoms with Crippen LogP contribution in [0.15, 0.2) is 18.2 Å². The molecule has 5 rings (SSSR count). The highest BCUT2D eigenvalue weighted by Crippen LogP contribution is 2.64. The van der Waals surface area contributed by atoms with Crippen molar-refractivity contribution < 1.29 is 14.3 Å². The predicted molar refractivity (Wildman–Crippen MR) is 91.0 cm³/mol. The van der Waals surface area contributed by atoms with Crippen molar-refractivity contribution in [3.05, 3.63) is 23.8 Å². The second kappa shape index (κ2) is 4.24. The van der Waals surface area contributed by atoms with E-state index in [1.165, 1.54) is 16.2 Å². The number of fused-ring (bicyclic) bond motifs is 6. The van der Waals surface area contributed by atoms with Crippen LogP contribution < -0.4 is 4.90 Å². The molecule has 2 aromatic rings. The Bertz CT molecular complexity index is 888. The summed E-state index contributed by atoms with van der Waals surface area (Å²) in [6, 6.07) is 5.97. The molecule has 124 valence electrons. The van der Waals surface area contributed by atoms with Crippen LogP contribution in [0, 0.1) is 17.8 Å². The highest BCUT2D eigenvalue weighted by Gasteiger charge is 2.77. The number of carbonyl (C=O) groups excluding carboxylic acids is 2. The Morgan fingerprint density at radius 3 is 2.42 bits per heavy atom. The SMILES string of the molecule is Cc1ccc2nc(N3C(=O)[C@@]4(C)[C@H]5CC[C@H](O5)[C@@]4(C)C3=O)sc2c1. The van der Waals surface area contributed by atoms with Crippen LogP contribution in [0.5, 0.6) is 0 Å². The number of rotatable bonds is 1. The van der Waals surface area contributed by atoms with Gasteiger partial charge in [-0.05, 0) is 51.3 Å². The molecule has 4 atom stereocenters. The molecule has 1 aromatic carbocycles. The summed E-state index contributed by atoms with van der Waals surface area (Å²) in [5.74, 6) is -0.309. The summed E-state index contributed by atoms with van der Waals surface area (Å²) < 4.78 is 6.96. The second-order valence-corrected chi connectivity index (χ2v) is 8.52. The lowest BCUT2D eigenvalue weighted by molar-refractivity contribution is -0.132. The first-order valence-corrected chi connectivity index (χ1v) is 9.10. The molecule has 0 radical (unpaired) electrons. The number of ether oxygens (including phenoxy) is 1. The number of imide groups is 1. The molecule has 3 aliphatic heterocycles. The smallest absolute Gasteiger partial charge is 0.245 e. The molecule has 3 aliphatic rings. The van der Waals surface area contributed by atoms with Crippen molar-refractivity contribution in [2.75, 3.05) is 4.90 Å². The minimum atomic E-state index is -0.777. The number of aromatic nitrogens is 1. The second-order valence-electron chi connectivity index (χ2n) is 7.51. The molecule has 0 aliphatic carbocycles. The summed E-state index contributed by atoms with van der Waals surface area (Å²) in [7, 11) is 0. The fraction of sp³-hybridized carbons (Fsp3) is 0.500. The van der Waals surface area contributed by atoms with Crippen molar-refractivity contribution in [1.29, 1.82) is 0 Å².